The second-order valence-corrected chi connectivity index (χ2v) is 6.41. The maximum atomic E-state index is 13.1. The van der Waals surface area contributed by atoms with Crippen molar-refractivity contribution in [2.45, 2.75) is 0 Å². The van der Waals surface area contributed by atoms with E-state index in [1.807, 2.05) is 60.7 Å². The Balaban J connectivity index is 1.54. The Labute approximate surface area is 165 Å². The number of nitrogens with one attached hydrogen (secondary N) is 1. The minimum absolute atomic E-state index is 0.164. The van der Waals surface area contributed by atoms with Crippen LogP contribution in [0.25, 0.3) is 16.6 Å². The average Bonchev–Trinajstić information content (AvgIpc) is 3.23. The highest BCUT2D eigenvalue weighted by atomic mass is 16.7. The lowest BCUT2D eigenvalue weighted by Gasteiger charge is -2.12. The highest BCUT2D eigenvalue weighted by molar-refractivity contribution is 5.82. The van der Waals surface area contributed by atoms with E-state index in [0.29, 0.717) is 34.0 Å². The minimum atomic E-state index is -0.164. The number of para-hydroxylation sites is 2. The molecule has 1 aliphatic rings. The Kier molecular flexibility index (Phi) is 4.18. The molecule has 0 radical (unpaired) electrons. The van der Waals surface area contributed by atoms with Crippen molar-refractivity contribution in [3.8, 4) is 17.2 Å². The normalized spacial score (nSPS) is 12.6. The van der Waals surface area contributed by atoms with Crippen LogP contribution in [-0.2, 0) is 0 Å². The maximum absolute atomic E-state index is 13.1. The van der Waals surface area contributed by atoms with Crippen LogP contribution in [0.4, 0.5) is 5.95 Å². The van der Waals surface area contributed by atoms with Crippen LogP contribution < -0.4 is 20.5 Å². The van der Waals surface area contributed by atoms with Gasteiger partial charge in [-0.05, 0) is 48.0 Å². The van der Waals surface area contributed by atoms with Crippen molar-refractivity contribution in [1.82, 2.24) is 9.55 Å². The van der Waals surface area contributed by atoms with Crippen molar-refractivity contribution in [3.63, 3.8) is 0 Å². The van der Waals surface area contributed by atoms with Crippen LogP contribution in [0, 0.1) is 0 Å². The molecule has 0 amide bonds. The number of nitrogens with zero attached hydrogens (tertiary/aromatic N) is 3. The highest BCUT2D eigenvalue weighted by Crippen LogP contribution is 2.32. The lowest BCUT2D eigenvalue weighted by atomic mass is 10.2. The summed E-state index contributed by atoms with van der Waals surface area (Å²) in [6, 6.07) is 22.1. The topological polar surface area (TPSA) is 77.7 Å². The van der Waals surface area contributed by atoms with Crippen LogP contribution in [0.3, 0.4) is 0 Å². The van der Waals surface area contributed by atoms with E-state index in [1.54, 1.807) is 18.3 Å². The van der Waals surface area contributed by atoms with Gasteiger partial charge in [-0.25, -0.2) is 15.0 Å². The molecule has 1 N–H and O–H groups in total. The van der Waals surface area contributed by atoms with Crippen LogP contribution in [0.15, 0.2) is 82.7 Å². The maximum Gasteiger partial charge on any atom is 0.267 e. The van der Waals surface area contributed by atoms with Gasteiger partial charge in [0.05, 0.1) is 22.8 Å². The van der Waals surface area contributed by atoms with Gasteiger partial charge < -0.3 is 9.47 Å². The first-order valence-corrected chi connectivity index (χ1v) is 9.05. The van der Waals surface area contributed by atoms with E-state index < -0.39 is 0 Å². The van der Waals surface area contributed by atoms with Crippen LogP contribution in [-0.4, -0.2) is 22.6 Å². The minimum Gasteiger partial charge on any atom is -0.454 e. The number of ether oxygens (including phenoxy) is 2. The predicted octanol–water partition coefficient (Wildman–Crippen LogP) is 3.56. The predicted molar refractivity (Wildman–Crippen MR) is 111 cm³/mol. The van der Waals surface area contributed by atoms with Crippen LogP contribution >= 0.6 is 0 Å². The quantitative estimate of drug-likeness (QED) is 0.430. The lowest BCUT2D eigenvalue weighted by Crippen LogP contribution is -2.22. The van der Waals surface area contributed by atoms with E-state index in [4.69, 9.17) is 9.47 Å². The molecule has 29 heavy (non-hydrogen) atoms. The molecule has 0 unspecified atom stereocenters. The van der Waals surface area contributed by atoms with Gasteiger partial charge >= 0.3 is 0 Å². The number of hydrogen-bond acceptors (Lipinski definition) is 6. The van der Waals surface area contributed by atoms with Gasteiger partial charge in [-0.2, -0.15) is 5.10 Å². The Morgan fingerprint density at radius 3 is 2.66 bits per heavy atom. The molecular weight excluding hydrogens is 368 g/mol. The van der Waals surface area contributed by atoms with E-state index >= 15 is 0 Å². The first-order chi connectivity index (χ1) is 14.3. The zero-order valence-electron chi connectivity index (χ0n) is 15.3. The summed E-state index contributed by atoms with van der Waals surface area (Å²) in [5, 5.41) is 4.82. The van der Waals surface area contributed by atoms with E-state index in [1.165, 1.54) is 4.57 Å². The van der Waals surface area contributed by atoms with Crippen molar-refractivity contribution in [2.24, 2.45) is 5.10 Å². The molecular formula is C22H16N4O3. The van der Waals surface area contributed by atoms with Crippen molar-refractivity contribution >= 4 is 23.1 Å². The molecule has 7 nitrogen and oxygen atoms in total. The van der Waals surface area contributed by atoms with Gasteiger partial charge in [0, 0.05) is 0 Å². The smallest absolute Gasteiger partial charge is 0.267 e. The molecule has 0 saturated carbocycles. The number of rotatable bonds is 4. The molecule has 7 heteroatoms. The molecule has 4 aromatic rings. The van der Waals surface area contributed by atoms with E-state index in [9.17, 15) is 4.79 Å². The Morgan fingerprint density at radius 2 is 1.76 bits per heavy atom. The SMILES string of the molecule is O=c1c2ccccc2nc(NN=Cc2ccc3c(c2)OCO3)n1-c1ccccc1. The van der Waals surface area contributed by atoms with Crippen LogP contribution in [0.5, 0.6) is 11.5 Å². The Bertz CT molecular complexity index is 1280. The van der Waals surface area contributed by atoms with Crippen LogP contribution in [0.2, 0.25) is 0 Å². The number of aromatic nitrogens is 2. The molecule has 2 heterocycles. The molecule has 0 saturated heterocycles. The van der Waals surface area contributed by atoms with Gasteiger partial charge in [0.2, 0.25) is 12.7 Å². The second kappa shape index (κ2) is 7.12. The molecule has 5 rings (SSSR count). The molecule has 3 aromatic carbocycles. The second-order valence-electron chi connectivity index (χ2n) is 6.41. The van der Waals surface area contributed by atoms with Gasteiger partial charge in [-0.1, -0.05) is 30.3 Å². The van der Waals surface area contributed by atoms with Crippen molar-refractivity contribution in [3.05, 3.63) is 88.7 Å². The summed E-state index contributed by atoms with van der Waals surface area (Å²) >= 11 is 0. The lowest BCUT2D eigenvalue weighted by molar-refractivity contribution is 0.174. The van der Waals surface area contributed by atoms with Gasteiger partial charge in [0.15, 0.2) is 11.5 Å². The third-order valence-electron chi connectivity index (χ3n) is 4.56. The van der Waals surface area contributed by atoms with Crippen molar-refractivity contribution in [2.75, 3.05) is 12.2 Å². The summed E-state index contributed by atoms with van der Waals surface area (Å²) < 4.78 is 12.2. The van der Waals surface area contributed by atoms with E-state index in [-0.39, 0.29) is 12.4 Å². The first kappa shape index (κ1) is 17.0. The number of benzene rings is 3. The summed E-state index contributed by atoms with van der Waals surface area (Å²) in [7, 11) is 0. The summed E-state index contributed by atoms with van der Waals surface area (Å²) in [6.45, 7) is 0.221. The zero-order chi connectivity index (χ0) is 19.6. The fraction of sp³-hybridized carbons (Fsp3) is 0.0455. The Morgan fingerprint density at radius 1 is 0.966 bits per heavy atom. The number of hydrogen-bond donors (Lipinski definition) is 1. The average molecular weight is 384 g/mol. The monoisotopic (exact) mass is 384 g/mol. The number of hydrazone groups is 1. The van der Waals surface area contributed by atoms with Crippen molar-refractivity contribution < 1.29 is 9.47 Å². The summed E-state index contributed by atoms with van der Waals surface area (Å²) in [5.41, 5.74) is 4.88. The van der Waals surface area contributed by atoms with E-state index in [2.05, 4.69) is 15.5 Å². The Hall–Kier alpha value is -4.13. The third kappa shape index (κ3) is 3.19. The summed E-state index contributed by atoms with van der Waals surface area (Å²) in [6.07, 6.45) is 1.64. The highest BCUT2D eigenvalue weighted by Gasteiger charge is 2.13. The van der Waals surface area contributed by atoms with E-state index in [0.717, 1.165) is 5.56 Å². The van der Waals surface area contributed by atoms with Gasteiger partial charge in [0.1, 0.15) is 0 Å². The molecule has 0 atom stereocenters. The van der Waals surface area contributed by atoms with Gasteiger partial charge in [-0.3, -0.25) is 4.79 Å². The largest absolute Gasteiger partial charge is 0.454 e. The fourth-order valence-corrected chi connectivity index (χ4v) is 3.18. The fourth-order valence-electron chi connectivity index (χ4n) is 3.18. The van der Waals surface area contributed by atoms with Crippen molar-refractivity contribution in [1.29, 1.82) is 0 Å². The summed E-state index contributed by atoms with van der Waals surface area (Å²) in [4.78, 5) is 17.7. The summed E-state index contributed by atoms with van der Waals surface area (Å²) in [5.74, 6) is 1.72. The molecule has 0 fully saturated rings. The zero-order valence-corrected chi connectivity index (χ0v) is 15.3. The molecule has 142 valence electrons. The number of fused-ring (bicyclic) bond motifs is 2. The van der Waals surface area contributed by atoms with Crippen LogP contribution in [0.1, 0.15) is 5.56 Å². The van der Waals surface area contributed by atoms with Gasteiger partial charge in [0.25, 0.3) is 5.56 Å². The molecule has 1 aromatic heterocycles. The molecule has 1 aliphatic heterocycles. The molecule has 0 aliphatic carbocycles. The molecule has 0 spiro atoms. The van der Waals surface area contributed by atoms with Gasteiger partial charge in [-0.15, -0.1) is 0 Å². The third-order valence-corrected chi connectivity index (χ3v) is 4.56. The molecule has 0 bridgehead atoms. The first-order valence-electron chi connectivity index (χ1n) is 9.05. The number of anilines is 1. The standard InChI is InChI=1S/C22H16N4O3/c27-21-17-8-4-5-9-18(17)24-22(26(21)16-6-2-1-3-7-16)25-23-13-15-10-11-19-20(12-15)29-14-28-19/h1-13H,14H2,(H,24,25).